The van der Waals surface area contributed by atoms with Gasteiger partial charge >= 0.3 is 12.1 Å². The third kappa shape index (κ3) is 5.89. The van der Waals surface area contributed by atoms with Crippen LogP contribution in [0.3, 0.4) is 0 Å². The number of nitrogens with zero attached hydrogens (tertiary/aromatic N) is 3. The van der Waals surface area contributed by atoms with Gasteiger partial charge in [0.05, 0.1) is 26.4 Å². The molecule has 2 aliphatic rings. The number of aryl methyl sites for hydroxylation is 1. The van der Waals surface area contributed by atoms with Crippen molar-refractivity contribution in [3.63, 3.8) is 0 Å². The third-order valence-electron chi connectivity index (χ3n) is 5.08. The van der Waals surface area contributed by atoms with Crippen molar-refractivity contribution in [3.05, 3.63) is 40.2 Å². The van der Waals surface area contributed by atoms with Gasteiger partial charge in [-0.3, -0.25) is 4.90 Å². The second kappa shape index (κ2) is 9.45. The topological polar surface area (TPSA) is 84.8 Å². The predicted molar refractivity (Wildman–Crippen MR) is 102 cm³/mol. The quantitative estimate of drug-likeness (QED) is 0.682. The summed E-state index contributed by atoms with van der Waals surface area (Å²) in [7, 11) is 0. The maximum absolute atomic E-state index is 13.7. The molecule has 0 radical (unpaired) electrons. The zero-order valence-corrected chi connectivity index (χ0v) is 17.4. The molecule has 2 saturated heterocycles. The molecule has 0 aromatic carbocycles. The number of aromatic nitrogens is 2. The highest BCUT2D eigenvalue weighted by Gasteiger charge is 2.51. The minimum absolute atomic E-state index is 0.0755. The number of carboxylic acid groups (broad SMARTS) is 1. The fourth-order valence-corrected chi connectivity index (χ4v) is 4.44. The molecule has 0 amide bonds. The molecule has 0 spiro atoms. The van der Waals surface area contributed by atoms with Crippen LogP contribution in [-0.4, -0.2) is 65.0 Å². The highest BCUT2D eigenvalue weighted by molar-refractivity contribution is 7.09. The molecule has 2 fully saturated rings. The van der Waals surface area contributed by atoms with Crippen molar-refractivity contribution in [2.45, 2.75) is 19.6 Å². The lowest BCUT2D eigenvalue weighted by Crippen LogP contribution is -2.37. The molecule has 2 aromatic rings. The van der Waals surface area contributed by atoms with Gasteiger partial charge in [-0.25, -0.2) is 19.2 Å². The number of hydrogen-bond acceptors (Lipinski definition) is 7. The first-order valence-corrected chi connectivity index (χ1v) is 10.2. The Labute approximate surface area is 179 Å². The number of pyridine rings is 1. The molecule has 4 rings (SSSR count). The number of rotatable bonds is 5. The monoisotopic (exact) mass is 463 g/mol. The Morgan fingerprint density at radius 2 is 2.23 bits per heavy atom. The van der Waals surface area contributed by atoms with Gasteiger partial charge < -0.3 is 14.6 Å². The van der Waals surface area contributed by atoms with Crippen LogP contribution < -0.4 is 4.74 Å². The maximum atomic E-state index is 13.7. The van der Waals surface area contributed by atoms with Gasteiger partial charge in [0, 0.05) is 41.7 Å². The number of ether oxygens (including phenoxy) is 2. The molecular weight excluding hydrogens is 442 g/mol. The van der Waals surface area contributed by atoms with Crippen molar-refractivity contribution in [1.82, 2.24) is 14.9 Å². The van der Waals surface area contributed by atoms with Gasteiger partial charge in [-0.15, -0.1) is 11.3 Å². The molecule has 0 unspecified atom stereocenters. The molecule has 0 saturated carbocycles. The first kappa shape index (κ1) is 23.4. The summed E-state index contributed by atoms with van der Waals surface area (Å²) in [6.07, 6.45) is -3.54. The van der Waals surface area contributed by atoms with E-state index in [4.69, 9.17) is 19.4 Å². The van der Waals surface area contributed by atoms with Crippen molar-refractivity contribution < 1.29 is 36.9 Å². The molecule has 31 heavy (non-hydrogen) atoms. The van der Waals surface area contributed by atoms with Crippen molar-refractivity contribution >= 4 is 17.3 Å². The van der Waals surface area contributed by atoms with Crippen molar-refractivity contribution in [2.24, 2.45) is 11.3 Å². The lowest BCUT2D eigenvalue weighted by Gasteiger charge is -2.26. The Kier molecular flexibility index (Phi) is 7.12. The van der Waals surface area contributed by atoms with Crippen LogP contribution in [0.1, 0.15) is 10.7 Å². The number of likely N-dealkylation sites (tertiary alicyclic amines) is 1. The molecule has 4 heterocycles. The van der Waals surface area contributed by atoms with Gasteiger partial charge in [-0.05, 0) is 19.1 Å². The van der Waals surface area contributed by atoms with Crippen LogP contribution in [-0.2, 0) is 16.1 Å². The maximum Gasteiger partial charge on any atom is 0.490 e. The van der Waals surface area contributed by atoms with Gasteiger partial charge in [-0.1, -0.05) is 0 Å². The SMILES string of the molecule is Cc1csc(CN2C[C@@H]3COC[C@]3(COc3ncccc3F)C2)n1.O=C(O)C(F)(F)F. The second-order valence-electron chi connectivity index (χ2n) is 7.51. The van der Waals surface area contributed by atoms with Crippen LogP contribution in [0.15, 0.2) is 23.7 Å². The van der Waals surface area contributed by atoms with Gasteiger partial charge in [-0.2, -0.15) is 13.2 Å². The largest absolute Gasteiger partial charge is 0.490 e. The molecule has 2 atom stereocenters. The van der Waals surface area contributed by atoms with E-state index >= 15 is 0 Å². The van der Waals surface area contributed by atoms with Crippen LogP contribution in [0.4, 0.5) is 17.6 Å². The number of fused-ring (bicyclic) bond motifs is 1. The molecule has 2 aliphatic heterocycles. The van der Waals surface area contributed by atoms with E-state index < -0.39 is 18.0 Å². The molecule has 2 aromatic heterocycles. The van der Waals surface area contributed by atoms with Gasteiger partial charge in [0.1, 0.15) is 5.01 Å². The minimum Gasteiger partial charge on any atom is -0.475 e. The lowest BCUT2D eigenvalue weighted by atomic mass is 9.82. The predicted octanol–water partition coefficient (Wildman–Crippen LogP) is 3.15. The van der Waals surface area contributed by atoms with Gasteiger partial charge in [0.25, 0.3) is 0 Å². The highest BCUT2D eigenvalue weighted by atomic mass is 32.1. The fraction of sp³-hybridized carbons (Fsp3) is 0.526. The Hall–Kier alpha value is -2.31. The molecule has 170 valence electrons. The van der Waals surface area contributed by atoms with Crippen LogP contribution in [0.25, 0.3) is 0 Å². The first-order chi connectivity index (χ1) is 14.6. The first-order valence-electron chi connectivity index (χ1n) is 9.33. The minimum atomic E-state index is -5.08. The number of aliphatic carboxylic acids is 1. The highest BCUT2D eigenvalue weighted by Crippen LogP contribution is 2.42. The zero-order valence-electron chi connectivity index (χ0n) is 16.6. The summed E-state index contributed by atoms with van der Waals surface area (Å²) in [5.74, 6) is -2.69. The van der Waals surface area contributed by atoms with E-state index in [1.54, 1.807) is 23.6 Å². The number of halogens is 4. The summed E-state index contributed by atoms with van der Waals surface area (Å²) in [5, 5.41) is 10.3. The van der Waals surface area contributed by atoms with E-state index in [0.717, 1.165) is 36.9 Å². The van der Waals surface area contributed by atoms with E-state index in [1.165, 1.54) is 6.07 Å². The number of alkyl halides is 3. The average molecular weight is 463 g/mol. The summed E-state index contributed by atoms with van der Waals surface area (Å²) in [5.41, 5.74) is 0.984. The van der Waals surface area contributed by atoms with Crippen molar-refractivity contribution in [1.29, 1.82) is 0 Å². The molecule has 0 bridgehead atoms. The molecule has 0 aliphatic carbocycles. The number of thiazole rings is 1. The van der Waals surface area contributed by atoms with E-state index in [-0.39, 0.29) is 11.3 Å². The molecule has 1 N–H and O–H groups in total. The van der Waals surface area contributed by atoms with E-state index in [2.05, 4.69) is 20.2 Å². The fourth-order valence-electron chi connectivity index (χ4n) is 3.62. The Morgan fingerprint density at radius 3 is 2.84 bits per heavy atom. The lowest BCUT2D eigenvalue weighted by molar-refractivity contribution is -0.192. The van der Waals surface area contributed by atoms with Crippen molar-refractivity contribution in [3.8, 4) is 5.88 Å². The second-order valence-corrected chi connectivity index (χ2v) is 8.45. The molecule has 12 heteroatoms. The summed E-state index contributed by atoms with van der Waals surface area (Å²) < 4.78 is 56.9. The summed E-state index contributed by atoms with van der Waals surface area (Å²) in [6, 6.07) is 2.93. The van der Waals surface area contributed by atoms with Gasteiger partial charge in [0.2, 0.25) is 5.88 Å². The van der Waals surface area contributed by atoms with E-state index in [1.807, 2.05) is 6.92 Å². The number of carbonyl (C=O) groups is 1. The average Bonchev–Trinajstić information content (AvgIpc) is 3.35. The van der Waals surface area contributed by atoms with E-state index in [0.29, 0.717) is 19.1 Å². The summed E-state index contributed by atoms with van der Waals surface area (Å²) >= 11 is 1.70. The Bertz CT molecular complexity index is 910. The van der Waals surface area contributed by atoms with Crippen molar-refractivity contribution in [2.75, 3.05) is 32.9 Å². The Morgan fingerprint density at radius 1 is 1.48 bits per heavy atom. The zero-order chi connectivity index (χ0) is 22.6. The molecular formula is C19H21F4N3O4S. The molecule has 7 nitrogen and oxygen atoms in total. The van der Waals surface area contributed by atoms with Crippen LogP contribution in [0.2, 0.25) is 0 Å². The Balaban J connectivity index is 0.000000339. The third-order valence-corrected chi connectivity index (χ3v) is 6.03. The number of carboxylic acids is 1. The summed E-state index contributed by atoms with van der Waals surface area (Å²) in [6.45, 7) is 6.54. The van der Waals surface area contributed by atoms with E-state index in [9.17, 15) is 17.6 Å². The van der Waals surface area contributed by atoms with Gasteiger partial charge in [0.15, 0.2) is 5.82 Å². The summed E-state index contributed by atoms with van der Waals surface area (Å²) in [4.78, 5) is 19.8. The van der Waals surface area contributed by atoms with Crippen LogP contribution in [0, 0.1) is 24.1 Å². The normalized spacial score (nSPS) is 23.2. The number of hydrogen-bond donors (Lipinski definition) is 1. The standard InChI is InChI=1S/C17H20FN3O2S.C2HF3O2/c1-12-8-24-15(20-12)6-21-5-13-7-22-10-17(13,9-21)11-23-16-14(18)3-2-4-19-16;3-2(4,5)1(6)7/h2-4,8,13H,5-7,9-11H2,1H3;(H,6,7)/t13-,17+;/m1./s1. The van der Waals surface area contributed by atoms with Crippen LogP contribution in [0.5, 0.6) is 5.88 Å². The smallest absolute Gasteiger partial charge is 0.475 e. The van der Waals surface area contributed by atoms with Crippen LogP contribution >= 0.6 is 11.3 Å².